The van der Waals surface area contributed by atoms with Crippen molar-refractivity contribution in [2.24, 2.45) is 0 Å². The number of hydrogen-bond acceptors (Lipinski definition) is 8. The Morgan fingerprint density at radius 3 is 2.87 bits per heavy atom. The van der Waals surface area contributed by atoms with E-state index in [-0.39, 0.29) is 19.4 Å². The van der Waals surface area contributed by atoms with Gasteiger partial charge in [0.2, 0.25) is 6.29 Å². The Bertz CT molecular complexity index is 563. The van der Waals surface area contributed by atoms with Gasteiger partial charge in [-0.15, -0.1) is 0 Å². The number of ether oxygens (including phenoxy) is 4. The van der Waals surface area contributed by atoms with Gasteiger partial charge in [0.25, 0.3) is 0 Å². The van der Waals surface area contributed by atoms with Crippen LogP contribution in [0.1, 0.15) is 25.5 Å². The molecule has 1 N–H and O–H groups in total. The SMILES string of the molecule is COC(=O)C1CC(OC(C)=O)CC(Oc2cccnc2CO)O1. The number of methoxy groups -OCH3 is 1. The minimum absolute atomic E-state index is 0.200. The van der Waals surface area contributed by atoms with Crippen LogP contribution >= 0.6 is 0 Å². The molecule has 0 aliphatic carbocycles. The van der Waals surface area contributed by atoms with Crippen LogP contribution in [0.5, 0.6) is 5.75 Å². The minimum Gasteiger partial charge on any atom is -0.467 e. The molecule has 0 aromatic carbocycles. The molecule has 0 radical (unpaired) electrons. The van der Waals surface area contributed by atoms with Crippen molar-refractivity contribution in [1.29, 1.82) is 0 Å². The van der Waals surface area contributed by atoms with Crippen molar-refractivity contribution in [3.8, 4) is 5.75 Å². The highest BCUT2D eigenvalue weighted by atomic mass is 16.7. The molecule has 0 bridgehead atoms. The lowest BCUT2D eigenvalue weighted by Crippen LogP contribution is -2.44. The number of aliphatic hydroxyl groups excluding tert-OH is 1. The number of nitrogens with zero attached hydrogens (tertiary/aromatic N) is 1. The van der Waals surface area contributed by atoms with Gasteiger partial charge in [0, 0.05) is 26.0 Å². The maximum Gasteiger partial charge on any atom is 0.335 e. The van der Waals surface area contributed by atoms with Crippen LogP contribution in [0.25, 0.3) is 0 Å². The average Bonchev–Trinajstić information content (AvgIpc) is 2.53. The summed E-state index contributed by atoms with van der Waals surface area (Å²) in [6.45, 7) is 1.00. The molecule has 1 aliphatic rings. The van der Waals surface area contributed by atoms with Crippen LogP contribution in [0.2, 0.25) is 0 Å². The van der Waals surface area contributed by atoms with E-state index in [1.807, 2.05) is 0 Å². The topological polar surface area (TPSA) is 104 Å². The van der Waals surface area contributed by atoms with Gasteiger partial charge < -0.3 is 24.1 Å². The summed E-state index contributed by atoms with van der Waals surface area (Å²) in [7, 11) is 1.25. The highest BCUT2D eigenvalue weighted by Crippen LogP contribution is 2.27. The third-order valence-electron chi connectivity index (χ3n) is 3.30. The van der Waals surface area contributed by atoms with Gasteiger partial charge in [-0.3, -0.25) is 9.78 Å². The molecule has 3 unspecified atom stereocenters. The zero-order valence-electron chi connectivity index (χ0n) is 12.9. The molecule has 3 atom stereocenters. The molecule has 2 heterocycles. The van der Waals surface area contributed by atoms with Crippen LogP contribution in [0.15, 0.2) is 18.3 Å². The van der Waals surface area contributed by atoms with Gasteiger partial charge in [0.15, 0.2) is 6.10 Å². The molecule has 1 saturated heterocycles. The van der Waals surface area contributed by atoms with E-state index in [2.05, 4.69) is 9.72 Å². The maximum absolute atomic E-state index is 11.7. The van der Waals surface area contributed by atoms with Crippen molar-refractivity contribution >= 4 is 11.9 Å². The van der Waals surface area contributed by atoms with Gasteiger partial charge in [-0.05, 0) is 12.1 Å². The highest BCUT2D eigenvalue weighted by molar-refractivity contribution is 5.74. The Morgan fingerprint density at radius 1 is 1.43 bits per heavy atom. The zero-order chi connectivity index (χ0) is 16.8. The molecule has 8 nitrogen and oxygen atoms in total. The molecule has 1 aliphatic heterocycles. The molecule has 0 saturated carbocycles. The second-order valence-electron chi connectivity index (χ2n) is 5.00. The molecular formula is C15H19NO7. The lowest BCUT2D eigenvalue weighted by Gasteiger charge is -2.33. The standard InChI is InChI=1S/C15H19NO7/c1-9(18)21-10-6-13(15(19)20-2)23-14(7-10)22-12-4-3-5-16-11(12)8-17/h3-5,10,13-14,17H,6-8H2,1-2H3. The predicted molar refractivity (Wildman–Crippen MR) is 76.3 cm³/mol. The fraction of sp³-hybridized carbons (Fsp3) is 0.533. The summed E-state index contributed by atoms with van der Waals surface area (Å²) in [5, 5.41) is 9.27. The first kappa shape index (κ1) is 17.2. The van der Waals surface area contributed by atoms with Crippen LogP contribution in [0, 0.1) is 0 Å². The van der Waals surface area contributed by atoms with Crippen molar-refractivity contribution in [1.82, 2.24) is 4.98 Å². The van der Waals surface area contributed by atoms with Gasteiger partial charge in [-0.25, -0.2) is 4.79 Å². The number of aliphatic hydroxyl groups is 1. The molecule has 0 amide bonds. The molecule has 1 fully saturated rings. The number of esters is 2. The number of pyridine rings is 1. The normalized spacial score (nSPS) is 23.9. The Hall–Kier alpha value is -2.19. The minimum atomic E-state index is -0.891. The maximum atomic E-state index is 11.7. The second kappa shape index (κ2) is 7.89. The Balaban J connectivity index is 2.12. The van der Waals surface area contributed by atoms with Crippen LogP contribution < -0.4 is 4.74 Å². The summed E-state index contributed by atoms with van der Waals surface area (Å²) in [6, 6.07) is 3.28. The molecule has 23 heavy (non-hydrogen) atoms. The summed E-state index contributed by atoms with van der Waals surface area (Å²) < 4.78 is 21.1. The molecule has 0 spiro atoms. The molecule has 1 aromatic rings. The van der Waals surface area contributed by atoms with E-state index in [0.29, 0.717) is 11.4 Å². The predicted octanol–water partition coefficient (Wildman–Crippen LogP) is 0.562. The third kappa shape index (κ3) is 4.64. The van der Waals surface area contributed by atoms with Crippen molar-refractivity contribution in [2.75, 3.05) is 7.11 Å². The fourth-order valence-corrected chi connectivity index (χ4v) is 2.32. The van der Waals surface area contributed by atoms with E-state index in [9.17, 15) is 14.7 Å². The van der Waals surface area contributed by atoms with Gasteiger partial charge >= 0.3 is 11.9 Å². The first-order valence-electron chi connectivity index (χ1n) is 7.15. The summed E-state index contributed by atoms with van der Waals surface area (Å²) in [5.41, 5.74) is 0.348. The van der Waals surface area contributed by atoms with E-state index >= 15 is 0 Å². The van der Waals surface area contributed by atoms with Crippen molar-refractivity contribution in [2.45, 2.75) is 44.9 Å². The monoisotopic (exact) mass is 325 g/mol. The van der Waals surface area contributed by atoms with E-state index in [4.69, 9.17) is 14.2 Å². The largest absolute Gasteiger partial charge is 0.467 e. The molecule has 2 rings (SSSR count). The number of carbonyl (C=O) groups is 2. The summed E-state index contributed by atoms with van der Waals surface area (Å²) in [5.74, 6) is -0.673. The van der Waals surface area contributed by atoms with Crippen LogP contribution in [0.4, 0.5) is 0 Å². The van der Waals surface area contributed by atoms with Gasteiger partial charge in [-0.2, -0.15) is 0 Å². The van der Waals surface area contributed by atoms with E-state index in [0.717, 1.165) is 0 Å². The smallest absolute Gasteiger partial charge is 0.335 e. The molecular weight excluding hydrogens is 306 g/mol. The van der Waals surface area contributed by atoms with Gasteiger partial charge in [0.05, 0.1) is 13.7 Å². The van der Waals surface area contributed by atoms with Crippen molar-refractivity contribution in [3.63, 3.8) is 0 Å². The van der Waals surface area contributed by atoms with E-state index in [1.54, 1.807) is 12.1 Å². The second-order valence-corrected chi connectivity index (χ2v) is 5.00. The summed E-state index contributed by atoms with van der Waals surface area (Å²) in [4.78, 5) is 26.9. The lowest BCUT2D eigenvalue weighted by molar-refractivity contribution is -0.204. The van der Waals surface area contributed by atoms with E-state index < -0.39 is 30.4 Å². The number of carbonyl (C=O) groups excluding carboxylic acids is 2. The molecule has 126 valence electrons. The molecule has 8 heteroatoms. The number of aromatic nitrogens is 1. The van der Waals surface area contributed by atoms with Crippen molar-refractivity contribution in [3.05, 3.63) is 24.0 Å². The Labute approximate surface area is 133 Å². The lowest BCUT2D eigenvalue weighted by atomic mass is 10.0. The summed E-state index contributed by atoms with van der Waals surface area (Å²) in [6.07, 6.45) is -0.258. The van der Waals surface area contributed by atoms with Crippen molar-refractivity contribution < 1.29 is 33.6 Å². The van der Waals surface area contributed by atoms with Gasteiger partial charge in [0.1, 0.15) is 17.5 Å². The number of rotatable bonds is 5. The zero-order valence-corrected chi connectivity index (χ0v) is 12.9. The van der Waals surface area contributed by atoms with Gasteiger partial charge in [-0.1, -0.05) is 0 Å². The quantitative estimate of drug-likeness (QED) is 0.783. The Kier molecular flexibility index (Phi) is 5.89. The summed E-state index contributed by atoms with van der Waals surface area (Å²) >= 11 is 0. The highest BCUT2D eigenvalue weighted by Gasteiger charge is 2.37. The van der Waals surface area contributed by atoms with Crippen LogP contribution in [-0.4, -0.2) is 47.6 Å². The first-order valence-corrected chi connectivity index (χ1v) is 7.15. The van der Waals surface area contributed by atoms with Crippen LogP contribution in [-0.2, 0) is 30.4 Å². The Morgan fingerprint density at radius 2 is 2.22 bits per heavy atom. The fourth-order valence-electron chi connectivity index (χ4n) is 2.32. The number of hydrogen-bond donors (Lipinski definition) is 1. The van der Waals surface area contributed by atoms with Crippen LogP contribution in [0.3, 0.4) is 0 Å². The van der Waals surface area contributed by atoms with E-state index in [1.165, 1.54) is 20.2 Å². The average molecular weight is 325 g/mol. The molecule has 1 aromatic heterocycles. The first-order chi connectivity index (χ1) is 11.0. The third-order valence-corrected chi connectivity index (χ3v) is 3.30.